The molecule has 0 radical (unpaired) electrons. The molecule has 31 heavy (non-hydrogen) atoms. The number of carbonyl (C=O) groups excluding carboxylic acids is 1. The van der Waals surface area contributed by atoms with Crippen LogP contribution in [0.25, 0.3) is 0 Å². The molecule has 0 bridgehead atoms. The van der Waals surface area contributed by atoms with E-state index in [-0.39, 0.29) is 11.9 Å². The Kier molecular flexibility index (Phi) is 5.85. The first kappa shape index (κ1) is 20.4. The number of hydrogen-bond donors (Lipinski definition) is 0. The largest absolute Gasteiger partial charge is 0.350 e. The lowest BCUT2D eigenvalue weighted by Gasteiger charge is -2.32. The topological polar surface area (TPSA) is 65.5 Å². The van der Waals surface area contributed by atoms with E-state index in [1.807, 2.05) is 23.2 Å². The summed E-state index contributed by atoms with van der Waals surface area (Å²) in [5, 5.41) is 0. The summed E-state index contributed by atoms with van der Waals surface area (Å²) in [7, 11) is 0. The number of aromatic nitrogens is 3. The van der Waals surface area contributed by atoms with E-state index in [4.69, 9.17) is 9.97 Å². The van der Waals surface area contributed by atoms with Gasteiger partial charge in [-0.25, -0.2) is 9.97 Å². The SMILES string of the molecule is Cc1nc(C2CCCN2C(=O)CN2CCCC2)nc2c1CCCN2Cc1ccccn1. The van der Waals surface area contributed by atoms with Crippen LogP contribution in [0.3, 0.4) is 0 Å². The molecule has 1 amide bonds. The standard InChI is InChI=1S/C24H32N6O/c1-18-20-9-6-14-29(16-19-8-2-3-11-25-19)24(20)27-23(26-18)21-10-7-15-30(21)22(31)17-28-12-4-5-13-28/h2-3,8,11,21H,4-7,9-10,12-17H2,1H3. The van der Waals surface area contributed by atoms with E-state index in [0.29, 0.717) is 6.54 Å². The van der Waals surface area contributed by atoms with Gasteiger partial charge in [0.2, 0.25) is 5.91 Å². The third-order valence-electron chi connectivity index (χ3n) is 6.87. The van der Waals surface area contributed by atoms with Crippen LogP contribution in [-0.2, 0) is 17.8 Å². The molecule has 0 aliphatic carbocycles. The van der Waals surface area contributed by atoms with Gasteiger partial charge in [-0.3, -0.25) is 14.7 Å². The molecule has 2 aromatic rings. The summed E-state index contributed by atoms with van der Waals surface area (Å²) in [5.41, 5.74) is 3.36. The monoisotopic (exact) mass is 420 g/mol. The van der Waals surface area contributed by atoms with Gasteiger partial charge < -0.3 is 9.80 Å². The first-order chi connectivity index (χ1) is 15.2. The van der Waals surface area contributed by atoms with Crippen LogP contribution < -0.4 is 4.90 Å². The van der Waals surface area contributed by atoms with E-state index < -0.39 is 0 Å². The maximum Gasteiger partial charge on any atom is 0.237 e. The van der Waals surface area contributed by atoms with Crippen molar-refractivity contribution in [3.8, 4) is 0 Å². The highest BCUT2D eigenvalue weighted by Crippen LogP contribution is 2.34. The van der Waals surface area contributed by atoms with Gasteiger partial charge in [0.25, 0.3) is 0 Å². The van der Waals surface area contributed by atoms with Gasteiger partial charge in [-0.05, 0) is 70.7 Å². The van der Waals surface area contributed by atoms with Gasteiger partial charge in [0.1, 0.15) is 5.82 Å². The minimum Gasteiger partial charge on any atom is -0.350 e. The Morgan fingerprint density at radius 3 is 2.74 bits per heavy atom. The summed E-state index contributed by atoms with van der Waals surface area (Å²) in [6.45, 7) is 7.26. The molecule has 5 rings (SSSR count). The molecule has 7 nitrogen and oxygen atoms in total. The van der Waals surface area contributed by atoms with Crippen molar-refractivity contribution in [2.75, 3.05) is 37.6 Å². The molecule has 164 valence electrons. The molecule has 2 saturated heterocycles. The molecular weight excluding hydrogens is 388 g/mol. The van der Waals surface area contributed by atoms with Crippen LogP contribution >= 0.6 is 0 Å². The molecule has 1 unspecified atom stereocenters. The van der Waals surface area contributed by atoms with Crippen LogP contribution in [-0.4, -0.2) is 63.4 Å². The van der Waals surface area contributed by atoms with Crippen molar-refractivity contribution >= 4 is 11.7 Å². The summed E-state index contributed by atoms with van der Waals surface area (Å²) >= 11 is 0. The number of amides is 1. The third-order valence-corrected chi connectivity index (χ3v) is 6.87. The van der Waals surface area contributed by atoms with Gasteiger partial charge in [-0.2, -0.15) is 0 Å². The summed E-state index contributed by atoms with van der Waals surface area (Å²) in [6, 6.07) is 6.05. The van der Waals surface area contributed by atoms with Crippen molar-refractivity contribution in [2.24, 2.45) is 0 Å². The number of nitrogens with zero attached hydrogens (tertiary/aromatic N) is 6. The molecule has 2 fully saturated rings. The molecule has 0 spiro atoms. The van der Waals surface area contributed by atoms with Crippen LogP contribution in [0, 0.1) is 6.92 Å². The van der Waals surface area contributed by atoms with E-state index in [0.717, 1.165) is 81.4 Å². The van der Waals surface area contributed by atoms with Gasteiger partial charge in [-0.15, -0.1) is 0 Å². The zero-order valence-corrected chi connectivity index (χ0v) is 18.5. The molecule has 2 aromatic heterocycles. The van der Waals surface area contributed by atoms with Crippen molar-refractivity contribution in [2.45, 2.75) is 58.0 Å². The lowest BCUT2D eigenvalue weighted by atomic mass is 10.0. The summed E-state index contributed by atoms with van der Waals surface area (Å²) in [5.74, 6) is 2.09. The fraction of sp³-hybridized carbons (Fsp3) is 0.583. The number of pyridine rings is 1. The summed E-state index contributed by atoms with van der Waals surface area (Å²) in [4.78, 5) is 34.2. The maximum absolute atomic E-state index is 13.1. The molecule has 3 aliphatic heterocycles. The van der Waals surface area contributed by atoms with Gasteiger partial charge in [-0.1, -0.05) is 6.07 Å². The predicted molar refractivity (Wildman–Crippen MR) is 120 cm³/mol. The number of anilines is 1. The van der Waals surface area contributed by atoms with E-state index >= 15 is 0 Å². The fourth-order valence-electron chi connectivity index (χ4n) is 5.26. The van der Waals surface area contributed by atoms with Gasteiger partial charge in [0, 0.05) is 30.5 Å². The van der Waals surface area contributed by atoms with E-state index in [2.05, 4.69) is 27.8 Å². The summed E-state index contributed by atoms with van der Waals surface area (Å²) < 4.78 is 0. The number of hydrogen-bond acceptors (Lipinski definition) is 6. The molecule has 0 aromatic carbocycles. The number of rotatable bonds is 5. The first-order valence-electron chi connectivity index (χ1n) is 11.7. The molecule has 1 atom stereocenters. The Hall–Kier alpha value is -2.54. The second kappa shape index (κ2) is 8.91. The molecule has 5 heterocycles. The van der Waals surface area contributed by atoms with E-state index in [9.17, 15) is 4.79 Å². The third kappa shape index (κ3) is 4.28. The highest BCUT2D eigenvalue weighted by Gasteiger charge is 2.34. The minimum absolute atomic E-state index is 0.00210. The number of aryl methyl sites for hydroxylation is 1. The number of carbonyl (C=O) groups is 1. The van der Waals surface area contributed by atoms with Gasteiger partial charge in [0.05, 0.1) is 24.8 Å². The van der Waals surface area contributed by atoms with Crippen molar-refractivity contribution < 1.29 is 4.79 Å². The zero-order valence-electron chi connectivity index (χ0n) is 18.5. The highest BCUT2D eigenvalue weighted by molar-refractivity contribution is 5.79. The second-order valence-corrected chi connectivity index (χ2v) is 9.04. The number of likely N-dealkylation sites (tertiary alicyclic amines) is 2. The lowest BCUT2D eigenvalue weighted by molar-refractivity contribution is -0.133. The fourth-order valence-corrected chi connectivity index (χ4v) is 5.26. The summed E-state index contributed by atoms with van der Waals surface area (Å²) in [6.07, 6.45) is 8.35. The van der Waals surface area contributed by atoms with Crippen LogP contribution in [0.15, 0.2) is 24.4 Å². The lowest BCUT2D eigenvalue weighted by Crippen LogP contribution is -2.39. The van der Waals surface area contributed by atoms with Crippen LogP contribution in [0.5, 0.6) is 0 Å². The Labute approximate surface area is 184 Å². The second-order valence-electron chi connectivity index (χ2n) is 9.04. The van der Waals surface area contributed by atoms with Crippen LogP contribution in [0.1, 0.15) is 60.9 Å². The van der Waals surface area contributed by atoms with Crippen molar-refractivity contribution in [1.82, 2.24) is 24.8 Å². The average Bonchev–Trinajstić information content (AvgIpc) is 3.47. The Morgan fingerprint density at radius 2 is 1.94 bits per heavy atom. The van der Waals surface area contributed by atoms with Crippen molar-refractivity contribution in [3.63, 3.8) is 0 Å². The molecular formula is C24H32N6O. The Morgan fingerprint density at radius 1 is 1.06 bits per heavy atom. The normalized spacial score (nSPS) is 21.5. The molecule has 0 N–H and O–H groups in total. The smallest absolute Gasteiger partial charge is 0.237 e. The van der Waals surface area contributed by atoms with Gasteiger partial charge >= 0.3 is 0 Å². The van der Waals surface area contributed by atoms with E-state index in [1.165, 1.54) is 18.4 Å². The number of fused-ring (bicyclic) bond motifs is 1. The van der Waals surface area contributed by atoms with Crippen LogP contribution in [0.4, 0.5) is 5.82 Å². The maximum atomic E-state index is 13.1. The van der Waals surface area contributed by atoms with Gasteiger partial charge in [0.15, 0.2) is 5.82 Å². The first-order valence-corrected chi connectivity index (χ1v) is 11.7. The van der Waals surface area contributed by atoms with E-state index in [1.54, 1.807) is 0 Å². The van der Waals surface area contributed by atoms with Crippen LogP contribution in [0.2, 0.25) is 0 Å². The molecule has 0 saturated carbocycles. The molecule has 7 heteroatoms. The zero-order chi connectivity index (χ0) is 21.2. The Bertz CT molecular complexity index is 927. The van der Waals surface area contributed by atoms with Crippen molar-refractivity contribution in [3.05, 3.63) is 47.2 Å². The quantitative estimate of drug-likeness (QED) is 0.741. The van der Waals surface area contributed by atoms with Crippen molar-refractivity contribution in [1.29, 1.82) is 0 Å². The molecule has 3 aliphatic rings. The highest BCUT2D eigenvalue weighted by atomic mass is 16.2. The predicted octanol–water partition coefficient (Wildman–Crippen LogP) is 2.89. The Balaban J connectivity index is 1.40. The minimum atomic E-state index is -0.00210. The average molecular weight is 421 g/mol.